The van der Waals surface area contributed by atoms with Crippen LogP contribution in [0.1, 0.15) is 0 Å². The summed E-state index contributed by atoms with van der Waals surface area (Å²) in [7, 11) is -5.31. The highest BCUT2D eigenvalue weighted by Gasteiger charge is 2.34. The topological polar surface area (TPSA) is 43.4 Å². The standard InChI is InChI=1S/C7H3BrF4O3S/c8-4-2-1-3-5(15-7(9,10)11)6(4)16(12,13)14/h1-3H. The van der Waals surface area contributed by atoms with Crippen LogP contribution < -0.4 is 4.74 Å². The van der Waals surface area contributed by atoms with E-state index in [1.807, 2.05) is 0 Å². The minimum absolute atomic E-state index is 0.350. The average Bonchev–Trinajstić information content (AvgIpc) is 1.97. The summed E-state index contributed by atoms with van der Waals surface area (Å²) in [5.74, 6) is -1.12. The normalized spacial score (nSPS) is 12.6. The summed E-state index contributed by atoms with van der Waals surface area (Å²) in [5.41, 5.74) is 0. The van der Waals surface area contributed by atoms with Crippen LogP contribution in [0.5, 0.6) is 5.75 Å². The van der Waals surface area contributed by atoms with E-state index in [0.29, 0.717) is 6.07 Å². The van der Waals surface area contributed by atoms with Crippen LogP contribution >= 0.6 is 15.9 Å². The van der Waals surface area contributed by atoms with Gasteiger partial charge >= 0.3 is 16.6 Å². The zero-order valence-corrected chi connectivity index (χ0v) is 9.66. The molecular formula is C7H3BrF4O3S. The summed E-state index contributed by atoms with van der Waals surface area (Å²) < 4.78 is 72.6. The zero-order chi connectivity index (χ0) is 12.6. The van der Waals surface area contributed by atoms with Crippen LogP contribution in [0.15, 0.2) is 27.6 Å². The van der Waals surface area contributed by atoms with Crippen LogP contribution in [-0.2, 0) is 10.2 Å². The molecule has 0 unspecified atom stereocenters. The molecule has 0 aliphatic heterocycles. The maximum atomic E-state index is 12.7. The molecule has 0 N–H and O–H groups in total. The maximum absolute atomic E-state index is 12.7. The molecule has 0 aromatic heterocycles. The average molecular weight is 323 g/mol. The van der Waals surface area contributed by atoms with E-state index >= 15 is 0 Å². The first-order valence-corrected chi connectivity index (χ1v) is 5.78. The molecular weight excluding hydrogens is 320 g/mol. The van der Waals surface area contributed by atoms with Crippen LogP contribution in [-0.4, -0.2) is 14.8 Å². The predicted molar refractivity (Wildman–Crippen MR) is 49.1 cm³/mol. The summed E-state index contributed by atoms with van der Waals surface area (Å²) >= 11 is 2.62. The first kappa shape index (κ1) is 13.2. The third-order valence-corrected chi connectivity index (χ3v) is 3.23. The molecule has 0 atom stereocenters. The number of alkyl halides is 3. The van der Waals surface area contributed by atoms with Gasteiger partial charge in [0.05, 0.1) is 0 Å². The Morgan fingerprint density at radius 2 is 1.81 bits per heavy atom. The van der Waals surface area contributed by atoms with Crippen molar-refractivity contribution >= 4 is 26.2 Å². The molecule has 0 saturated heterocycles. The number of hydrogen-bond acceptors (Lipinski definition) is 3. The number of benzene rings is 1. The van der Waals surface area contributed by atoms with Crippen molar-refractivity contribution < 1.29 is 30.2 Å². The Hall–Kier alpha value is -0.830. The zero-order valence-electron chi connectivity index (χ0n) is 7.25. The van der Waals surface area contributed by atoms with Gasteiger partial charge in [-0.2, -0.15) is 8.42 Å². The summed E-state index contributed by atoms with van der Waals surface area (Å²) in [6.07, 6.45) is -5.10. The Bertz CT molecular complexity index is 497. The van der Waals surface area contributed by atoms with E-state index in [0.717, 1.165) is 12.1 Å². The molecule has 0 fully saturated rings. The van der Waals surface area contributed by atoms with Gasteiger partial charge in [-0.15, -0.1) is 17.1 Å². The van der Waals surface area contributed by atoms with Crippen LogP contribution in [0.25, 0.3) is 0 Å². The molecule has 0 amide bonds. The van der Waals surface area contributed by atoms with Gasteiger partial charge in [0.25, 0.3) is 0 Å². The Kier molecular flexibility index (Phi) is 3.48. The van der Waals surface area contributed by atoms with Crippen molar-refractivity contribution in [3.8, 4) is 5.75 Å². The minimum atomic E-state index is -5.31. The van der Waals surface area contributed by atoms with Gasteiger partial charge in [-0.05, 0) is 28.1 Å². The summed E-state index contributed by atoms with van der Waals surface area (Å²) in [6, 6.07) is 2.86. The molecule has 0 saturated carbocycles. The van der Waals surface area contributed by atoms with Gasteiger partial charge in [0.1, 0.15) is 0 Å². The van der Waals surface area contributed by atoms with E-state index in [-0.39, 0.29) is 4.47 Å². The number of rotatable bonds is 2. The minimum Gasteiger partial charge on any atom is -0.404 e. The van der Waals surface area contributed by atoms with Crippen molar-refractivity contribution in [3.63, 3.8) is 0 Å². The quantitative estimate of drug-likeness (QED) is 0.621. The van der Waals surface area contributed by atoms with E-state index in [9.17, 15) is 25.5 Å². The molecule has 0 heterocycles. The van der Waals surface area contributed by atoms with Crippen LogP contribution in [0.3, 0.4) is 0 Å². The third kappa shape index (κ3) is 3.34. The molecule has 0 bridgehead atoms. The van der Waals surface area contributed by atoms with Gasteiger partial charge in [-0.3, -0.25) is 0 Å². The molecule has 0 spiro atoms. The fourth-order valence-electron chi connectivity index (χ4n) is 0.931. The van der Waals surface area contributed by atoms with E-state index < -0.39 is 27.2 Å². The van der Waals surface area contributed by atoms with Gasteiger partial charge in [0.15, 0.2) is 10.6 Å². The SMILES string of the molecule is O=S(=O)(F)c1c(Br)cccc1OC(F)(F)F. The number of ether oxygens (including phenoxy) is 1. The monoisotopic (exact) mass is 322 g/mol. The van der Waals surface area contributed by atoms with E-state index in [1.54, 1.807) is 0 Å². The smallest absolute Gasteiger partial charge is 0.404 e. The van der Waals surface area contributed by atoms with Crippen molar-refractivity contribution in [1.82, 2.24) is 0 Å². The van der Waals surface area contributed by atoms with Crippen LogP contribution in [0.2, 0.25) is 0 Å². The Balaban J connectivity index is 3.36. The highest BCUT2D eigenvalue weighted by atomic mass is 79.9. The highest BCUT2D eigenvalue weighted by molar-refractivity contribution is 9.10. The number of halogens is 5. The molecule has 1 aromatic rings. The Morgan fingerprint density at radius 3 is 2.25 bits per heavy atom. The molecule has 0 radical (unpaired) electrons. The van der Waals surface area contributed by atoms with Crippen LogP contribution in [0.4, 0.5) is 17.1 Å². The fourth-order valence-corrected chi connectivity index (χ4v) is 2.51. The lowest BCUT2D eigenvalue weighted by Crippen LogP contribution is -2.18. The highest BCUT2D eigenvalue weighted by Crippen LogP contribution is 2.35. The summed E-state index contributed by atoms with van der Waals surface area (Å²) in [4.78, 5) is -1.19. The van der Waals surface area contributed by atoms with Gasteiger partial charge in [-0.1, -0.05) is 6.07 Å². The van der Waals surface area contributed by atoms with Gasteiger partial charge in [0, 0.05) is 4.47 Å². The van der Waals surface area contributed by atoms with E-state index in [4.69, 9.17) is 0 Å². The fraction of sp³-hybridized carbons (Fsp3) is 0.143. The molecule has 90 valence electrons. The van der Waals surface area contributed by atoms with Crippen molar-refractivity contribution in [2.45, 2.75) is 11.3 Å². The lowest BCUT2D eigenvalue weighted by Gasteiger charge is -2.11. The second-order valence-corrected chi connectivity index (χ2v) is 4.69. The molecule has 0 aliphatic rings. The summed E-state index contributed by atoms with van der Waals surface area (Å²) in [6.45, 7) is 0. The van der Waals surface area contributed by atoms with E-state index in [2.05, 4.69) is 20.7 Å². The molecule has 9 heteroatoms. The maximum Gasteiger partial charge on any atom is 0.573 e. The molecule has 1 rings (SSSR count). The van der Waals surface area contributed by atoms with Crippen molar-refractivity contribution in [3.05, 3.63) is 22.7 Å². The second kappa shape index (κ2) is 4.21. The van der Waals surface area contributed by atoms with Crippen molar-refractivity contribution in [2.24, 2.45) is 0 Å². The first-order valence-electron chi connectivity index (χ1n) is 3.60. The van der Waals surface area contributed by atoms with E-state index in [1.165, 1.54) is 0 Å². The molecule has 1 aromatic carbocycles. The van der Waals surface area contributed by atoms with Crippen LogP contribution in [0, 0.1) is 0 Å². The second-order valence-electron chi connectivity index (χ2n) is 2.55. The predicted octanol–water partition coefficient (Wildman–Crippen LogP) is 3.01. The lowest BCUT2D eigenvalue weighted by molar-refractivity contribution is -0.275. The first-order chi connectivity index (χ1) is 7.11. The Morgan fingerprint density at radius 1 is 1.25 bits per heavy atom. The van der Waals surface area contributed by atoms with Gasteiger partial charge < -0.3 is 4.74 Å². The largest absolute Gasteiger partial charge is 0.573 e. The summed E-state index contributed by atoms with van der Waals surface area (Å²) in [5, 5.41) is 0. The number of hydrogen-bond donors (Lipinski definition) is 0. The van der Waals surface area contributed by atoms with Crippen molar-refractivity contribution in [2.75, 3.05) is 0 Å². The molecule has 0 aliphatic carbocycles. The lowest BCUT2D eigenvalue weighted by atomic mass is 10.3. The Labute approximate surface area is 96.4 Å². The van der Waals surface area contributed by atoms with Gasteiger partial charge in [-0.25, -0.2) is 0 Å². The van der Waals surface area contributed by atoms with Crippen molar-refractivity contribution in [1.29, 1.82) is 0 Å². The molecule has 3 nitrogen and oxygen atoms in total. The van der Waals surface area contributed by atoms with Gasteiger partial charge in [0.2, 0.25) is 0 Å². The third-order valence-electron chi connectivity index (χ3n) is 1.40. The molecule has 16 heavy (non-hydrogen) atoms.